The molecule has 0 aliphatic carbocycles. The molecule has 0 saturated carbocycles. The molecule has 0 spiro atoms. The maximum atomic E-state index is 12.1. The summed E-state index contributed by atoms with van der Waals surface area (Å²) in [6, 6.07) is 25.1. The summed E-state index contributed by atoms with van der Waals surface area (Å²) in [5.41, 5.74) is 3.92. The van der Waals surface area contributed by atoms with E-state index >= 15 is 0 Å². The van der Waals surface area contributed by atoms with Crippen LogP contribution in [0.3, 0.4) is 0 Å². The van der Waals surface area contributed by atoms with E-state index < -0.39 is 0 Å². The molecule has 138 valence electrons. The number of fused-ring (bicyclic) bond motifs is 2. The van der Waals surface area contributed by atoms with Gasteiger partial charge in [-0.3, -0.25) is 4.79 Å². The Bertz CT molecular complexity index is 1180. The van der Waals surface area contributed by atoms with Crippen molar-refractivity contribution < 1.29 is 9.90 Å². The summed E-state index contributed by atoms with van der Waals surface area (Å²) in [6.07, 6.45) is 1.46. The van der Waals surface area contributed by atoms with Gasteiger partial charge in [0, 0.05) is 11.3 Å². The number of hydrogen-bond acceptors (Lipinski definition) is 4. The highest BCUT2D eigenvalue weighted by atomic mass is 16.3. The predicted molar refractivity (Wildman–Crippen MR) is 114 cm³/mol. The largest absolute Gasteiger partial charge is 0.507 e. The third-order valence-corrected chi connectivity index (χ3v) is 4.53. The molecule has 0 unspecified atom stereocenters. The highest BCUT2D eigenvalue weighted by molar-refractivity contribution is 6.02. The van der Waals surface area contributed by atoms with Gasteiger partial charge in [-0.05, 0) is 39.7 Å². The van der Waals surface area contributed by atoms with Gasteiger partial charge in [0.2, 0.25) is 0 Å². The smallest absolute Gasteiger partial charge is 0.259 e. The lowest BCUT2D eigenvalue weighted by atomic mass is 10.0. The summed E-state index contributed by atoms with van der Waals surface area (Å²) in [7, 11) is 0. The number of benzene rings is 4. The van der Waals surface area contributed by atoms with Crippen LogP contribution < -0.4 is 10.7 Å². The second kappa shape index (κ2) is 7.80. The van der Waals surface area contributed by atoms with E-state index in [-0.39, 0.29) is 18.2 Å². The molecule has 5 heteroatoms. The minimum Gasteiger partial charge on any atom is -0.507 e. The van der Waals surface area contributed by atoms with Crippen molar-refractivity contribution in [3.8, 4) is 5.75 Å². The van der Waals surface area contributed by atoms with E-state index in [2.05, 4.69) is 15.8 Å². The lowest BCUT2D eigenvalue weighted by molar-refractivity contribution is -0.119. The molecular formula is C23H19N3O2. The van der Waals surface area contributed by atoms with Gasteiger partial charge in [-0.1, -0.05) is 60.7 Å². The van der Waals surface area contributed by atoms with Crippen LogP contribution in [0.25, 0.3) is 21.5 Å². The van der Waals surface area contributed by atoms with Crippen LogP contribution in [0.4, 0.5) is 5.69 Å². The van der Waals surface area contributed by atoms with E-state index in [1.54, 1.807) is 6.07 Å². The molecule has 0 atom stereocenters. The van der Waals surface area contributed by atoms with Crippen molar-refractivity contribution in [1.29, 1.82) is 0 Å². The van der Waals surface area contributed by atoms with Gasteiger partial charge >= 0.3 is 0 Å². The van der Waals surface area contributed by atoms with Gasteiger partial charge in [0.15, 0.2) is 0 Å². The zero-order chi connectivity index (χ0) is 19.3. The molecule has 0 fully saturated rings. The van der Waals surface area contributed by atoms with Crippen molar-refractivity contribution in [3.05, 3.63) is 84.4 Å². The number of carbonyl (C=O) groups excluding carboxylic acids is 1. The maximum Gasteiger partial charge on any atom is 0.259 e. The van der Waals surface area contributed by atoms with Gasteiger partial charge in [0.25, 0.3) is 5.91 Å². The lowest BCUT2D eigenvalue weighted by Gasteiger charge is -2.07. The van der Waals surface area contributed by atoms with Crippen molar-refractivity contribution >= 4 is 39.4 Å². The molecule has 4 aromatic carbocycles. The predicted octanol–water partition coefficient (Wildman–Crippen LogP) is 4.26. The highest BCUT2D eigenvalue weighted by Gasteiger charge is 2.05. The fourth-order valence-corrected chi connectivity index (χ4v) is 3.11. The van der Waals surface area contributed by atoms with Crippen LogP contribution >= 0.6 is 0 Å². The third-order valence-electron chi connectivity index (χ3n) is 4.53. The van der Waals surface area contributed by atoms with Crippen LogP contribution in [0.1, 0.15) is 5.56 Å². The normalized spacial score (nSPS) is 11.1. The first-order valence-electron chi connectivity index (χ1n) is 8.96. The first-order valence-corrected chi connectivity index (χ1v) is 8.96. The van der Waals surface area contributed by atoms with Gasteiger partial charge in [-0.15, -0.1) is 0 Å². The Hall–Kier alpha value is -3.86. The molecule has 4 aromatic rings. The number of nitrogens with zero attached hydrogens (tertiary/aromatic N) is 1. The summed E-state index contributed by atoms with van der Waals surface area (Å²) in [5, 5.41) is 21.3. The third kappa shape index (κ3) is 3.78. The summed E-state index contributed by atoms with van der Waals surface area (Å²) in [6.45, 7) is 0.0944. The van der Waals surface area contributed by atoms with Crippen LogP contribution in [-0.2, 0) is 4.79 Å². The van der Waals surface area contributed by atoms with Gasteiger partial charge in [0.05, 0.1) is 12.8 Å². The first kappa shape index (κ1) is 17.5. The number of carbonyl (C=O) groups is 1. The van der Waals surface area contributed by atoms with E-state index in [4.69, 9.17) is 0 Å². The lowest BCUT2D eigenvalue weighted by Crippen LogP contribution is -2.25. The number of phenolic OH excluding ortho intramolecular Hbond substituents is 1. The van der Waals surface area contributed by atoms with Crippen molar-refractivity contribution in [2.24, 2.45) is 5.10 Å². The molecular weight excluding hydrogens is 350 g/mol. The molecule has 0 radical (unpaired) electrons. The molecule has 4 rings (SSSR count). The van der Waals surface area contributed by atoms with E-state index in [9.17, 15) is 9.90 Å². The number of rotatable bonds is 5. The van der Waals surface area contributed by atoms with Crippen molar-refractivity contribution in [2.75, 3.05) is 11.9 Å². The Labute approximate surface area is 162 Å². The molecule has 28 heavy (non-hydrogen) atoms. The summed E-state index contributed by atoms with van der Waals surface area (Å²) in [5.74, 6) is -0.157. The van der Waals surface area contributed by atoms with E-state index in [0.29, 0.717) is 5.56 Å². The van der Waals surface area contributed by atoms with Crippen LogP contribution in [-0.4, -0.2) is 23.8 Å². The standard InChI is InChI=1S/C23H19N3O2/c27-22-12-10-17-6-3-4-8-20(17)21(22)14-25-26-23(28)15-24-19-11-9-16-5-1-2-7-18(16)13-19/h1-14,24,27H,15H2,(H,26,28)/b25-14-. The topological polar surface area (TPSA) is 73.7 Å². The van der Waals surface area contributed by atoms with Crippen molar-refractivity contribution in [3.63, 3.8) is 0 Å². The minimum atomic E-state index is -0.274. The molecule has 0 aliphatic heterocycles. The van der Waals surface area contributed by atoms with Gasteiger partial charge in [-0.2, -0.15) is 5.10 Å². The average molecular weight is 369 g/mol. The number of amides is 1. The van der Waals surface area contributed by atoms with E-state index in [1.807, 2.05) is 72.8 Å². The number of anilines is 1. The monoisotopic (exact) mass is 369 g/mol. The van der Waals surface area contributed by atoms with Gasteiger partial charge in [-0.25, -0.2) is 5.43 Å². The summed E-state index contributed by atoms with van der Waals surface area (Å²) >= 11 is 0. The Kier molecular flexibility index (Phi) is 4.89. The summed E-state index contributed by atoms with van der Waals surface area (Å²) in [4.78, 5) is 12.1. The second-order valence-corrected chi connectivity index (χ2v) is 6.43. The Balaban J connectivity index is 1.40. The van der Waals surface area contributed by atoms with Gasteiger partial charge in [0.1, 0.15) is 5.75 Å². The number of hydrogen-bond donors (Lipinski definition) is 3. The maximum absolute atomic E-state index is 12.1. The van der Waals surface area contributed by atoms with E-state index in [1.165, 1.54) is 6.21 Å². The van der Waals surface area contributed by atoms with Crippen LogP contribution in [0, 0.1) is 0 Å². The Morgan fingerprint density at radius 1 is 0.893 bits per heavy atom. The Morgan fingerprint density at radius 2 is 1.61 bits per heavy atom. The highest BCUT2D eigenvalue weighted by Crippen LogP contribution is 2.25. The number of nitrogens with one attached hydrogen (secondary N) is 2. The molecule has 3 N–H and O–H groups in total. The van der Waals surface area contributed by atoms with Gasteiger partial charge < -0.3 is 10.4 Å². The van der Waals surface area contributed by atoms with Crippen molar-refractivity contribution in [2.45, 2.75) is 0 Å². The quantitative estimate of drug-likeness (QED) is 0.363. The second-order valence-electron chi connectivity index (χ2n) is 6.43. The number of aromatic hydroxyl groups is 1. The minimum absolute atomic E-state index is 0.0944. The molecule has 0 heterocycles. The van der Waals surface area contributed by atoms with E-state index in [0.717, 1.165) is 27.2 Å². The zero-order valence-corrected chi connectivity index (χ0v) is 15.1. The molecule has 0 aromatic heterocycles. The van der Waals surface area contributed by atoms with Crippen LogP contribution in [0.2, 0.25) is 0 Å². The van der Waals surface area contributed by atoms with Crippen LogP contribution in [0.5, 0.6) is 5.75 Å². The fraction of sp³-hybridized carbons (Fsp3) is 0.0435. The first-order chi connectivity index (χ1) is 13.7. The molecule has 0 bridgehead atoms. The molecule has 0 saturated heterocycles. The Morgan fingerprint density at radius 3 is 2.46 bits per heavy atom. The molecule has 1 amide bonds. The fourth-order valence-electron chi connectivity index (χ4n) is 3.11. The zero-order valence-electron chi connectivity index (χ0n) is 15.1. The average Bonchev–Trinajstić information content (AvgIpc) is 2.73. The van der Waals surface area contributed by atoms with Crippen molar-refractivity contribution in [1.82, 2.24) is 5.43 Å². The number of phenols is 1. The molecule has 5 nitrogen and oxygen atoms in total. The summed E-state index contributed by atoms with van der Waals surface area (Å²) < 4.78 is 0. The number of hydrazone groups is 1. The SMILES string of the molecule is O=C(CNc1ccc2ccccc2c1)N/N=C\c1c(O)ccc2ccccc12. The molecule has 0 aliphatic rings. The van der Waals surface area contributed by atoms with Crippen LogP contribution in [0.15, 0.2) is 84.0 Å².